The summed E-state index contributed by atoms with van der Waals surface area (Å²) in [5.41, 5.74) is 0.560. The fourth-order valence-electron chi connectivity index (χ4n) is 1.77. The predicted molar refractivity (Wildman–Crippen MR) is 80.5 cm³/mol. The summed E-state index contributed by atoms with van der Waals surface area (Å²) in [5, 5.41) is 2.57. The maximum Gasteiger partial charge on any atom is 0.240 e. The van der Waals surface area contributed by atoms with Crippen LogP contribution in [0.2, 0.25) is 0 Å². The van der Waals surface area contributed by atoms with Crippen LogP contribution in [0.4, 0.5) is 5.69 Å². The molecule has 1 aliphatic rings. The van der Waals surface area contributed by atoms with Gasteiger partial charge in [-0.2, -0.15) is 0 Å². The quantitative estimate of drug-likeness (QED) is 0.893. The summed E-state index contributed by atoms with van der Waals surface area (Å²) in [5.74, 6) is -0.105. The van der Waals surface area contributed by atoms with Crippen LogP contribution in [0.5, 0.6) is 0 Å². The Morgan fingerprint density at radius 2 is 2.15 bits per heavy atom. The number of anilines is 1. The second kappa shape index (κ2) is 5.75. The Bertz CT molecular complexity index is 629. The van der Waals surface area contributed by atoms with E-state index in [0.717, 1.165) is 4.90 Å². The van der Waals surface area contributed by atoms with Crippen molar-refractivity contribution < 1.29 is 13.2 Å². The lowest BCUT2D eigenvalue weighted by Crippen LogP contribution is -2.32. The molecule has 0 fully saturated rings. The molecule has 5 nitrogen and oxygen atoms in total. The van der Waals surface area contributed by atoms with E-state index < -0.39 is 10.0 Å². The van der Waals surface area contributed by atoms with Crippen molar-refractivity contribution in [2.45, 2.75) is 48.3 Å². The number of benzene rings is 1. The lowest BCUT2D eigenvalue weighted by Gasteiger charge is -2.22. The summed E-state index contributed by atoms with van der Waals surface area (Å²) in [7, 11) is -3.55. The van der Waals surface area contributed by atoms with Crippen LogP contribution in [0, 0.1) is 0 Å². The minimum Gasteiger partial charge on any atom is -0.324 e. The third kappa shape index (κ3) is 3.16. The molecule has 2 rings (SSSR count). The SMILES string of the molecule is CC[C@@H](C)NS(=O)(=O)c1ccc2c(c1)NC(=O)[C@H](C)S2. The maximum atomic E-state index is 12.2. The Hall–Kier alpha value is -1.05. The first-order valence-corrected chi connectivity index (χ1v) is 8.83. The van der Waals surface area contributed by atoms with Gasteiger partial charge in [0.05, 0.1) is 15.8 Å². The van der Waals surface area contributed by atoms with Gasteiger partial charge in [0.1, 0.15) is 0 Å². The van der Waals surface area contributed by atoms with E-state index in [1.807, 2.05) is 20.8 Å². The molecule has 7 heteroatoms. The zero-order valence-electron chi connectivity index (χ0n) is 11.6. The topological polar surface area (TPSA) is 75.3 Å². The number of carbonyl (C=O) groups excluding carboxylic acids is 1. The van der Waals surface area contributed by atoms with Gasteiger partial charge in [-0.15, -0.1) is 11.8 Å². The van der Waals surface area contributed by atoms with Crippen LogP contribution in [-0.2, 0) is 14.8 Å². The Morgan fingerprint density at radius 1 is 1.45 bits per heavy atom. The molecule has 2 N–H and O–H groups in total. The Kier molecular flexibility index (Phi) is 4.41. The van der Waals surface area contributed by atoms with Crippen molar-refractivity contribution in [2.75, 3.05) is 5.32 Å². The molecule has 0 radical (unpaired) electrons. The molecule has 1 aromatic rings. The minimum absolute atomic E-state index is 0.105. The molecule has 0 saturated heterocycles. The van der Waals surface area contributed by atoms with E-state index in [9.17, 15) is 13.2 Å². The average Bonchev–Trinajstić information content (AvgIpc) is 2.39. The van der Waals surface area contributed by atoms with Gasteiger partial charge in [-0.3, -0.25) is 4.79 Å². The first-order chi connectivity index (χ1) is 9.33. The van der Waals surface area contributed by atoms with E-state index in [4.69, 9.17) is 0 Å². The van der Waals surface area contributed by atoms with Crippen LogP contribution in [0.3, 0.4) is 0 Å². The van der Waals surface area contributed by atoms with Gasteiger partial charge in [0.25, 0.3) is 0 Å². The van der Waals surface area contributed by atoms with Gasteiger partial charge >= 0.3 is 0 Å². The van der Waals surface area contributed by atoms with Crippen molar-refractivity contribution in [3.63, 3.8) is 0 Å². The average molecular weight is 314 g/mol. The predicted octanol–water partition coefficient (Wildman–Crippen LogP) is 2.20. The molecular weight excluding hydrogens is 296 g/mol. The summed E-state index contributed by atoms with van der Waals surface area (Å²) in [6.07, 6.45) is 0.717. The standard InChI is InChI=1S/C13H18N2O3S2/c1-4-8(2)15-20(17,18)10-5-6-12-11(7-10)14-13(16)9(3)19-12/h5-9,15H,4H2,1-3H3,(H,14,16)/t8-,9+/m1/s1. The molecule has 1 aromatic carbocycles. The number of sulfonamides is 1. The summed E-state index contributed by atoms with van der Waals surface area (Å²) in [6, 6.07) is 4.69. The third-order valence-corrected chi connectivity index (χ3v) is 5.93. The highest BCUT2D eigenvalue weighted by atomic mass is 32.2. The highest BCUT2D eigenvalue weighted by molar-refractivity contribution is 8.01. The summed E-state index contributed by atoms with van der Waals surface area (Å²) >= 11 is 1.43. The molecule has 0 bridgehead atoms. The largest absolute Gasteiger partial charge is 0.324 e. The second-order valence-corrected chi connectivity index (χ2v) is 7.93. The van der Waals surface area contributed by atoms with Gasteiger partial charge in [-0.05, 0) is 38.5 Å². The Labute approximate surface area is 123 Å². The van der Waals surface area contributed by atoms with Gasteiger partial charge in [0, 0.05) is 10.9 Å². The molecule has 0 aromatic heterocycles. The number of hydrogen-bond acceptors (Lipinski definition) is 4. The van der Waals surface area contributed by atoms with Crippen molar-refractivity contribution >= 4 is 33.4 Å². The first-order valence-electron chi connectivity index (χ1n) is 6.47. The number of hydrogen-bond donors (Lipinski definition) is 2. The van der Waals surface area contributed by atoms with Gasteiger partial charge in [0.2, 0.25) is 15.9 Å². The van der Waals surface area contributed by atoms with Crippen LogP contribution < -0.4 is 10.0 Å². The van der Waals surface area contributed by atoms with Crippen molar-refractivity contribution in [1.29, 1.82) is 0 Å². The number of fused-ring (bicyclic) bond motifs is 1. The van der Waals surface area contributed by atoms with E-state index in [-0.39, 0.29) is 22.1 Å². The molecule has 20 heavy (non-hydrogen) atoms. The summed E-state index contributed by atoms with van der Waals surface area (Å²) < 4.78 is 27.0. The summed E-state index contributed by atoms with van der Waals surface area (Å²) in [4.78, 5) is 12.7. The number of amides is 1. The van der Waals surface area contributed by atoms with E-state index in [1.54, 1.807) is 12.1 Å². The fourth-order valence-corrected chi connectivity index (χ4v) is 4.05. The van der Waals surface area contributed by atoms with Gasteiger partial charge in [0.15, 0.2) is 0 Å². The maximum absolute atomic E-state index is 12.2. The van der Waals surface area contributed by atoms with E-state index in [2.05, 4.69) is 10.0 Å². The van der Waals surface area contributed by atoms with Crippen molar-refractivity contribution in [1.82, 2.24) is 4.72 Å². The molecule has 0 saturated carbocycles. The lowest BCUT2D eigenvalue weighted by molar-refractivity contribution is -0.115. The molecular formula is C13H18N2O3S2. The van der Waals surface area contributed by atoms with Crippen LogP contribution in [0.15, 0.2) is 28.0 Å². The van der Waals surface area contributed by atoms with E-state index in [1.165, 1.54) is 17.8 Å². The van der Waals surface area contributed by atoms with Crippen molar-refractivity contribution in [3.05, 3.63) is 18.2 Å². The number of thioether (sulfide) groups is 1. The molecule has 1 aliphatic heterocycles. The smallest absolute Gasteiger partial charge is 0.240 e. The monoisotopic (exact) mass is 314 g/mol. The summed E-state index contributed by atoms with van der Waals surface area (Å²) in [6.45, 7) is 5.55. The fraction of sp³-hybridized carbons (Fsp3) is 0.462. The molecule has 1 heterocycles. The van der Waals surface area contributed by atoms with Crippen molar-refractivity contribution in [3.8, 4) is 0 Å². The first kappa shape index (κ1) is 15.3. The third-order valence-electron chi connectivity index (χ3n) is 3.16. The molecule has 0 aliphatic carbocycles. The van der Waals surface area contributed by atoms with Gasteiger partial charge in [-0.25, -0.2) is 13.1 Å². The zero-order chi connectivity index (χ0) is 14.9. The highest BCUT2D eigenvalue weighted by Gasteiger charge is 2.25. The normalized spacial score (nSPS) is 20.1. The molecule has 1 amide bonds. The molecule has 2 atom stereocenters. The Morgan fingerprint density at radius 3 is 2.80 bits per heavy atom. The number of nitrogens with one attached hydrogen (secondary N) is 2. The number of rotatable bonds is 4. The Balaban J connectivity index is 2.32. The van der Waals surface area contributed by atoms with Crippen LogP contribution in [0.25, 0.3) is 0 Å². The number of carbonyl (C=O) groups is 1. The molecule has 0 spiro atoms. The lowest BCUT2D eigenvalue weighted by atomic mass is 10.3. The van der Waals surface area contributed by atoms with E-state index >= 15 is 0 Å². The van der Waals surface area contributed by atoms with E-state index in [0.29, 0.717) is 12.1 Å². The van der Waals surface area contributed by atoms with Crippen LogP contribution >= 0.6 is 11.8 Å². The molecule has 0 unspecified atom stereocenters. The van der Waals surface area contributed by atoms with Crippen LogP contribution in [-0.4, -0.2) is 25.6 Å². The molecule has 110 valence electrons. The van der Waals surface area contributed by atoms with Gasteiger partial charge < -0.3 is 5.32 Å². The second-order valence-electron chi connectivity index (χ2n) is 4.84. The van der Waals surface area contributed by atoms with Gasteiger partial charge in [-0.1, -0.05) is 6.92 Å². The zero-order valence-corrected chi connectivity index (χ0v) is 13.3. The van der Waals surface area contributed by atoms with Crippen LogP contribution in [0.1, 0.15) is 27.2 Å². The highest BCUT2D eigenvalue weighted by Crippen LogP contribution is 2.36. The minimum atomic E-state index is -3.55. The van der Waals surface area contributed by atoms with Crippen molar-refractivity contribution in [2.24, 2.45) is 0 Å².